The van der Waals surface area contributed by atoms with Crippen LogP contribution in [-0.4, -0.2) is 15.7 Å². The van der Waals surface area contributed by atoms with Gasteiger partial charge in [0.2, 0.25) is 0 Å². The summed E-state index contributed by atoms with van der Waals surface area (Å²) in [5.74, 6) is 0.491. The van der Waals surface area contributed by atoms with Crippen LogP contribution in [0.4, 0.5) is 5.82 Å². The lowest BCUT2D eigenvalue weighted by molar-refractivity contribution is 0.102. The minimum atomic E-state index is -0.161. The van der Waals surface area contributed by atoms with E-state index in [-0.39, 0.29) is 5.91 Å². The van der Waals surface area contributed by atoms with Gasteiger partial charge in [0.25, 0.3) is 5.91 Å². The molecule has 0 fully saturated rings. The van der Waals surface area contributed by atoms with Crippen LogP contribution in [0.5, 0.6) is 0 Å². The first-order valence-electron chi connectivity index (χ1n) is 7.23. The second-order valence-corrected chi connectivity index (χ2v) is 6.30. The molecule has 23 heavy (non-hydrogen) atoms. The van der Waals surface area contributed by atoms with E-state index in [0.29, 0.717) is 11.4 Å². The summed E-state index contributed by atoms with van der Waals surface area (Å²) < 4.78 is 2.68. The van der Waals surface area contributed by atoms with Crippen LogP contribution in [-0.2, 0) is 0 Å². The van der Waals surface area contributed by atoms with Crippen LogP contribution in [0.3, 0.4) is 0 Å². The van der Waals surface area contributed by atoms with Crippen molar-refractivity contribution in [1.82, 2.24) is 9.78 Å². The molecule has 0 saturated heterocycles. The molecule has 0 aliphatic rings. The van der Waals surface area contributed by atoms with Crippen LogP contribution in [0, 0.1) is 13.8 Å². The summed E-state index contributed by atoms with van der Waals surface area (Å²) in [6.45, 7) is 3.94. The van der Waals surface area contributed by atoms with E-state index in [0.717, 1.165) is 15.9 Å². The van der Waals surface area contributed by atoms with Gasteiger partial charge in [-0.15, -0.1) is 0 Å². The van der Waals surface area contributed by atoms with Crippen molar-refractivity contribution in [1.29, 1.82) is 0 Å². The molecule has 116 valence electrons. The predicted molar refractivity (Wildman–Crippen MR) is 95.1 cm³/mol. The zero-order valence-corrected chi connectivity index (χ0v) is 14.5. The van der Waals surface area contributed by atoms with Gasteiger partial charge in [-0.2, -0.15) is 5.10 Å². The zero-order valence-electron chi connectivity index (χ0n) is 12.9. The van der Waals surface area contributed by atoms with Crippen LogP contribution >= 0.6 is 15.9 Å². The molecule has 0 bridgehead atoms. The Bertz CT molecular complexity index is 836. The maximum absolute atomic E-state index is 12.4. The van der Waals surface area contributed by atoms with Gasteiger partial charge < -0.3 is 5.32 Å². The highest BCUT2D eigenvalue weighted by molar-refractivity contribution is 9.10. The number of benzene rings is 2. The third-order valence-electron chi connectivity index (χ3n) is 3.46. The molecule has 4 nitrogen and oxygen atoms in total. The Morgan fingerprint density at radius 1 is 1.04 bits per heavy atom. The van der Waals surface area contributed by atoms with Gasteiger partial charge >= 0.3 is 0 Å². The Balaban J connectivity index is 1.90. The molecule has 0 aliphatic heterocycles. The number of hydrogen-bond donors (Lipinski definition) is 1. The molecule has 1 heterocycles. The monoisotopic (exact) mass is 369 g/mol. The van der Waals surface area contributed by atoms with Crippen LogP contribution < -0.4 is 5.32 Å². The maximum atomic E-state index is 12.4. The van der Waals surface area contributed by atoms with Crippen LogP contribution in [0.15, 0.2) is 59.1 Å². The average Bonchev–Trinajstić information content (AvgIpc) is 2.89. The third-order valence-corrected chi connectivity index (χ3v) is 3.99. The normalized spacial score (nSPS) is 10.6. The minimum Gasteiger partial charge on any atom is -0.306 e. The standard InChI is InChI=1S/C18H16BrN3O/c1-12-3-9-16(10-4-12)22-17(11-13(2)21-22)20-18(23)14-5-7-15(19)8-6-14/h3-11H,1-2H3,(H,20,23). The predicted octanol–water partition coefficient (Wildman–Crippen LogP) is 4.50. The van der Waals surface area contributed by atoms with Crippen LogP contribution in [0.2, 0.25) is 0 Å². The number of carbonyl (C=O) groups excluding carboxylic acids is 1. The minimum absolute atomic E-state index is 0.161. The third kappa shape index (κ3) is 3.51. The quantitative estimate of drug-likeness (QED) is 0.738. The molecule has 0 spiro atoms. The molecule has 1 amide bonds. The molecule has 1 aromatic heterocycles. The Morgan fingerprint density at radius 2 is 1.70 bits per heavy atom. The Labute approximate surface area is 143 Å². The van der Waals surface area contributed by atoms with Gasteiger partial charge in [-0.1, -0.05) is 33.6 Å². The van der Waals surface area contributed by atoms with Crippen molar-refractivity contribution < 1.29 is 4.79 Å². The summed E-state index contributed by atoms with van der Waals surface area (Å²) in [6.07, 6.45) is 0. The number of hydrogen-bond acceptors (Lipinski definition) is 2. The van der Waals surface area contributed by atoms with Gasteiger partial charge in [0, 0.05) is 16.1 Å². The first-order valence-corrected chi connectivity index (χ1v) is 8.03. The fraction of sp³-hybridized carbons (Fsp3) is 0.111. The van der Waals surface area contributed by atoms with E-state index in [9.17, 15) is 4.79 Å². The first kappa shape index (κ1) is 15.5. The highest BCUT2D eigenvalue weighted by Gasteiger charge is 2.12. The van der Waals surface area contributed by atoms with Gasteiger partial charge in [0.15, 0.2) is 0 Å². The summed E-state index contributed by atoms with van der Waals surface area (Å²) in [7, 11) is 0. The van der Waals surface area contributed by atoms with Crippen molar-refractivity contribution in [3.63, 3.8) is 0 Å². The van der Waals surface area contributed by atoms with Crippen molar-refractivity contribution in [3.05, 3.63) is 75.9 Å². The summed E-state index contributed by atoms with van der Waals surface area (Å²) in [5, 5.41) is 7.39. The van der Waals surface area contributed by atoms with E-state index in [1.165, 1.54) is 5.56 Å². The van der Waals surface area contributed by atoms with Gasteiger partial charge in [-0.25, -0.2) is 4.68 Å². The topological polar surface area (TPSA) is 46.9 Å². The largest absolute Gasteiger partial charge is 0.306 e. The zero-order chi connectivity index (χ0) is 16.4. The van der Waals surface area contributed by atoms with Gasteiger partial charge in [0.1, 0.15) is 5.82 Å². The van der Waals surface area contributed by atoms with E-state index in [4.69, 9.17) is 0 Å². The van der Waals surface area contributed by atoms with Gasteiger partial charge in [-0.3, -0.25) is 4.79 Å². The van der Waals surface area contributed by atoms with E-state index in [1.54, 1.807) is 16.8 Å². The van der Waals surface area contributed by atoms with Crippen LogP contribution in [0.1, 0.15) is 21.6 Å². The fourth-order valence-electron chi connectivity index (χ4n) is 2.26. The molecular weight excluding hydrogens is 354 g/mol. The average molecular weight is 370 g/mol. The molecule has 0 unspecified atom stereocenters. The van der Waals surface area contributed by atoms with Crippen LogP contribution in [0.25, 0.3) is 5.69 Å². The molecule has 0 saturated carbocycles. The number of carbonyl (C=O) groups is 1. The van der Waals surface area contributed by atoms with Crippen molar-refractivity contribution in [3.8, 4) is 5.69 Å². The Hall–Kier alpha value is -2.40. The lowest BCUT2D eigenvalue weighted by Gasteiger charge is -2.09. The van der Waals surface area contributed by atoms with Crippen molar-refractivity contribution in [2.45, 2.75) is 13.8 Å². The summed E-state index contributed by atoms with van der Waals surface area (Å²) >= 11 is 3.37. The maximum Gasteiger partial charge on any atom is 0.256 e. The molecule has 3 aromatic rings. The van der Waals surface area contributed by atoms with E-state index in [1.807, 2.05) is 56.3 Å². The SMILES string of the molecule is Cc1ccc(-n2nc(C)cc2NC(=O)c2ccc(Br)cc2)cc1. The number of nitrogens with zero attached hydrogens (tertiary/aromatic N) is 2. The highest BCUT2D eigenvalue weighted by atomic mass is 79.9. The van der Waals surface area contributed by atoms with Gasteiger partial charge in [0.05, 0.1) is 11.4 Å². The number of nitrogens with one attached hydrogen (secondary N) is 1. The second-order valence-electron chi connectivity index (χ2n) is 5.38. The molecule has 0 aliphatic carbocycles. The number of aromatic nitrogens is 2. The molecule has 0 radical (unpaired) electrons. The number of amides is 1. The number of anilines is 1. The molecule has 0 atom stereocenters. The molecule has 3 rings (SSSR count). The first-order chi connectivity index (χ1) is 11.0. The molecule has 5 heteroatoms. The summed E-state index contributed by atoms with van der Waals surface area (Å²) in [5.41, 5.74) is 3.53. The number of aryl methyl sites for hydroxylation is 2. The summed E-state index contributed by atoms with van der Waals surface area (Å²) in [4.78, 5) is 12.4. The molecule has 2 aromatic carbocycles. The fourth-order valence-corrected chi connectivity index (χ4v) is 2.53. The smallest absolute Gasteiger partial charge is 0.256 e. The van der Waals surface area contributed by atoms with Crippen molar-refractivity contribution in [2.24, 2.45) is 0 Å². The second kappa shape index (κ2) is 6.38. The van der Waals surface area contributed by atoms with Gasteiger partial charge in [-0.05, 0) is 50.2 Å². The Morgan fingerprint density at radius 3 is 2.35 bits per heavy atom. The summed E-state index contributed by atoms with van der Waals surface area (Å²) in [6, 6.07) is 17.1. The highest BCUT2D eigenvalue weighted by Crippen LogP contribution is 2.19. The molecular formula is C18H16BrN3O. The van der Waals surface area contributed by atoms with E-state index in [2.05, 4.69) is 26.3 Å². The Kier molecular flexibility index (Phi) is 4.30. The van der Waals surface area contributed by atoms with Crippen molar-refractivity contribution in [2.75, 3.05) is 5.32 Å². The molecule has 1 N–H and O–H groups in total. The lowest BCUT2D eigenvalue weighted by atomic mass is 10.2. The number of rotatable bonds is 3. The van der Waals surface area contributed by atoms with Crippen molar-refractivity contribution >= 4 is 27.7 Å². The van der Waals surface area contributed by atoms with E-state index < -0.39 is 0 Å². The lowest BCUT2D eigenvalue weighted by Crippen LogP contribution is -2.15. The van der Waals surface area contributed by atoms with E-state index >= 15 is 0 Å². The number of halogens is 1.